The summed E-state index contributed by atoms with van der Waals surface area (Å²) in [4.78, 5) is 0. The second kappa shape index (κ2) is 5.25. The van der Waals surface area contributed by atoms with Crippen molar-refractivity contribution in [3.63, 3.8) is 0 Å². The molecule has 0 aliphatic rings. The van der Waals surface area contributed by atoms with Gasteiger partial charge in [-0.15, -0.1) is 0 Å². The molecule has 0 radical (unpaired) electrons. The molecule has 1 unspecified atom stereocenters. The van der Waals surface area contributed by atoms with Crippen molar-refractivity contribution in [2.24, 2.45) is 0 Å². The third-order valence-electron chi connectivity index (χ3n) is 2.41. The van der Waals surface area contributed by atoms with E-state index >= 15 is 0 Å². The summed E-state index contributed by atoms with van der Waals surface area (Å²) < 4.78 is 13.3. The summed E-state index contributed by atoms with van der Waals surface area (Å²) in [5.74, 6) is -0.323. The van der Waals surface area contributed by atoms with Crippen molar-refractivity contribution < 1.29 is 4.39 Å². The predicted molar refractivity (Wildman–Crippen MR) is 63.3 cm³/mol. The largest absolute Gasteiger partial charge is 0.305 e. The van der Waals surface area contributed by atoms with Crippen LogP contribution < -0.4 is 5.32 Å². The van der Waals surface area contributed by atoms with Gasteiger partial charge in [0.15, 0.2) is 0 Å². The molecule has 4 nitrogen and oxygen atoms in total. The number of aromatic amines is 1. The summed E-state index contributed by atoms with van der Waals surface area (Å²) in [6.45, 7) is 2.67. The number of halogens is 2. The Hall–Kier alpha value is -1.46. The number of rotatable bonds is 4. The fourth-order valence-electron chi connectivity index (χ4n) is 1.66. The molecule has 0 fully saturated rings. The lowest BCUT2D eigenvalue weighted by atomic mass is 10.0. The van der Waals surface area contributed by atoms with Crippen molar-refractivity contribution in [3.05, 3.63) is 46.5 Å². The van der Waals surface area contributed by atoms with Crippen LogP contribution in [-0.2, 0) is 0 Å². The van der Waals surface area contributed by atoms with E-state index in [1.165, 1.54) is 18.2 Å². The highest BCUT2D eigenvalue weighted by Crippen LogP contribution is 2.27. The fraction of sp³-hybridized carbons (Fsp3) is 0.273. The molecule has 1 heterocycles. The van der Waals surface area contributed by atoms with Crippen LogP contribution in [0.15, 0.2) is 24.4 Å². The van der Waals surface area contributed by atoms with Crippen LogP contribution in [0.1, 0.15) is 24.2 Å². The Morgan fingerprint density at radius 3 is 3.00 bits per heavy atom. The molecule has 0 amide bonds. The van der Waals surface area contributed by atoms with E-state index < -0.39 is 0 Å². The SMILES string of the molecule is CCNC(c1cn[nH]n1)c1cc(F)ccc1Cl. The Kier molecular flexibility index (Phi) is 3.71. The lowest BCUT2D eigenvalue weighted by Crippen LogP contribution is -2.22. The highest BCUT2D eigenvalue weighted by atomic mass is 35.5. The molecular formula is C11H12ClFN4. The lowest BCUT2D eigenvalue weighted by Gasteiger charge is -2.17. The molecule has 0 aliphatic heterocycles. The Labute approximate surface area is 103 Å². The molecule has 1 aromatic carbocycles. The van der Waals surface area contributed by atoms with Crippen LogP contribution >= 0.6 is 11.6 Å². The average Bonchev–Trinajstić information content (AvgIpc) is 2.83. The zero-order chi connectivity index (χ0) is 12.3. The standard InChI is InChI=1S/C11H12ClFN4/c1-2-14-11(10-6-15-17-16-10)8-5-7(13)3-4-9(8)12/h3-6,11,14H,2H2,1H3,(H,15,16,17). The number of hydrogen-bond donors (Lipinski definition) is 2. The van der Waals surface area contributed by atoms with Gasteiger partial charge in [-0.1, -0.05) is 18.5 Å². The molecule has 0 saturated heterocycles. The third kappa shape index (κ3) is 2.62. The maximum Gasteiger partial charge on any atom is 0.123 e. The average molecular weight is 255 g/mol. The van der Waals surface area contributed by atoms with Crippen LogP contribution in [0, 0.1) is 5.82 Å². The van der Waals surface area contributed by atoms with Gasteiger partial charge in [0.1, 0.15) is 11.5 Å². The van der Waals surface area contributed by atoms with E-state index in [1.807, 2.05) is 6.92 Å². The first-order chi connectivity index (χ1) is 8.22. The van der Waals surface area contributed by atoms with Gasteiger partial charge in [0, 0.05) is 5.02 Å². The van der Waals surface area contributed by atoms with Crippen molar-refractivity contribution >= 4 is 11.6 Å². The minimum Gasteiger partial charge on any atom is -0.305 e. The van der Waals surface area contributed by atoms with Gasteiger partial charge in [-0.05, 0) is 30.3 Å². The second-order valence-corrected chi connectivity index (χ2v) is 3.96. The summed E-state index contributed by atoms with van der Waals surface area (Å²) in [6, 6.07) is 4.01. The summed E-state index contributed by atoms with van der Waals surface area (Å²) >= 11 is 6.08. The molecular weight excluding hydrogens is 243 g/mol. The first kappa shape index (κ1) is 12.0. The van der Waals surface area contributed by atoms with Crippen LogP contribution in [0.25, 0.3) is 0 Å². The van der Waals surface area contributed by atoms with E-state index in [2.05, 4.69) is 20.7 Å². The first-order valence-electron chi connectivity index (χ1n) is 5.26. The van der Waals surface area contributed by atoms with Gasteiger partial charge in [-0.2, -0.15) is 15.4 Å². The number of H-pyrrole nitrogens is 1. The van der Waals surface area contributed by atoms with Gasteiger partial charge >= 0.3 is 0 Å². The van der Waals surface area contributed by atoms with E-state index in [1.54, 1.807) is 6.20 Å². The van der Waals surface area contributed by atoms with Gasteiger partial charge in [0.25, 0.3) is 0 Å². The van der Waals surface area contributed by atoms with Gasteiger partial charge < -0.3 is 5.32 Å². The molecule has 6 heteroatoms. The molecule has 2 N–H and O–H groups in total. The Morgan fingerprint density at radius 2 is 2.35 bits per heavy atom. The maximum absolute atomic E-state index is 13.3. The van der Waals surface area contributed by atoms with Crippen molar-refractivity contribution in [2.75, 3.05) is 6.54 Å². The second-order valence-electron chi connectivity index (χ2n) is 3.55. The number of nitrogens with zero attached hydrogens (tertiary/aromatic N) is 2. The van der Waals surface area contributed by atoms with Crippen molar-refractivity contribution in [1.29, 1.82) is 0 Å². The molecule has 0 aliphatic carbocycles. The number of benzene rings is 1. The Bertz CT molecular complexity index is 486. The summed E-state index contributed by atoms with van der Waals surface area (Å²) in [5, 5.41) is 14.0. The normalized spacial score (nSPS) is 12.6. The Morgan fingerprint density at radius 1 is 1.53 bits per heavy atom. The van der Waals surface area contributed by atoms with Gasteiger partial charge in [0.2, 0.25) is 0 Å². The van der Waals surface area contributed by atoms with Crippen molar-refractivity contribution in [3.8, 4) is 0 Å². The minimum atomic E-state index is -0.323. The minimum absolute atomic E-state index is 0.262. The van der Waals surface area contributed by atoms with Gasteiger partial charge in [-0.3, -0.25) is 0 Å². The van der Waals surface area contributed by atoms with Gasteiger partial charge in [0.05, 0.1) is 12.2 Å². The monoisotopic (exact) mass is 254 g/mol. The van der Waals surface area contributed by atoms with Crippen molar-refractivity contribution in [2.45, 2.75) is 13.0 Å². The quantitative estimate of drug-likeness (QED) is 0.880. The molecule has 2 aromatic rings. The zero-order valence-electron chi connectivity index (χ0n) is 9.24. The summed E-state index contributed by atoms with van der Waals surface area (Å²) in [6.07, 6.45) is 1.59. The van der Waals surface area contributed by atoms with E-state index in [9.17, 15) is 4.39 Å². The van der Waals surface area contributed by atoms with Crippen LogP contribution in [0.5, 0.6) is 0 Å². The highest BCUT2D eigenvalue weighted by Gasteiger charge is 2.19. The fourth-order valence-corrected chi connectivity index (χ4v) is 1.89. The highest BCUT2D eigenvalue weighted by molar-refractivity contribution is 6.31. The molecule has 90 valence electrons. The van der Waals surface area contributed by atoms with E-state index in [-0.39, 0.29) is 11.9 Å². The van der Waals surface area contributed by atoms with E-state index in [4.69, 9.17) is 11.6 Å². The lowest BCUT2D eigenvalue weighted by molar-refractivity contribution is 0.594. The topological polar surface area (TPSA) is 53.6 Å². The molecule has 0 bridgehead atoms. The van der Waals surface area contributed by atoms with Crippen LogP contribution in [0.3, 0.4) is 0 Å². The van der Waals surface area contributed by atoms with Crippen LogP contribution in [-0.4, -0.2) is 22.0 Å². The number of hydrogen-bond acceptors (Lipinski definition) is 3. The smallest absolute Gasteiger partial charge is 0.123 e. The van der Waals surface area contributed by atoms with Crippen LogP contribution in [0.2, 0.25) is 5.02 Å². The van der Waals surface area contributed by atoms with Crippen molar-refractivity contribution in [1.82, 2.24) is 20.7 Å². The summed E-state index contributed by atoms with van der Waals surface area (Å²) in [5.41, 5.74) is 1.33. The number of aromatic nitrogens is 3. The molecule has 0 saturated carbocycles. The van der Waals surface area contributed by atoms with Crippen LogP contribution in [0.4, 0.5) is 4.39 Å². The number of nitrogens with one attached hydrogen (secondary N) is 2. The summed E-state index contributed by atoms with van der Waals surface area (Å²) in [7, 11) is 0. The Balaban J connectivity index is 2.42. The van der Waals surface area contributed by atoms with E-state index in [0.717, 1.165) is 0 Å². The van der Waals surface area contributed by atoms with Gasteiger partial charge in [-0.25, -0.2) is 4.39 Å². The third-order valence-corrected chi connectivity index (χ3v) is 2.75. The maximum atomic E-state index is 13.3. The molecule has 1 aromatic heterocycles. The predicted octanol–water partition coefficient (Wildman–Crippen LogP) is 2.30. The molecule has 2 rings (SSSR count). The molecule has 1 atom stereocenters. The first-order valence-corrected chi connectivity index (χ1v) is 5.64. The zero-order valence-corrected chi connectivity index (χ0v) is 10.0. The molecule has 0 spiro atoms. The molecule has 17 heavy (non-hydrogen) atoms. The van der Waals surface area contributed by atoms with E-state index in [0.29, 0.717) is 22.8 Å².